The minimum Gasteiger partial charge on any atom is -0.480 e. The highest BCUT2D eigenvalue weighted by molar-refractivity contribution is 6.29. The van der Waals surface area contributed by atoms with Gasteiger partial charge in [-0.25, -0.2) is 4.98 Å². The van der Waals surface area contributed by atoms with Gasteiger partial charge in [0.25, 0.3) is 5.91 Å². The molecule has 0 saturated carbocycles. The van der Waals surface area contributed by atoms with E-state index in [1.54, 1.807) is 13.0 Å². The number of pyridine rings is 1. The van der Waals surface area contributed by atoms with Crippen molar-refractivity contribution in [3.05, 3.63) is 22.3 Å². The van der Waals surface area contributed by atoms with Crippen molar-refractivity contribution in [1.29, 1.82) is 0 Å². The molecule has 1 heterocycles. The van der Waals surface area contributed by atoms with Gasteiger partial charge in [0.05, 0.1) is 7.11 Å². The number of carbonyl (C=O) groups is 1. The lowest BCUT2D eigenvalue weighted by atomic mass is 10.1. The minimum absolute atomic E-state index is 0.164. The summed E-state index contributed by atoms with van der Waals surface area (Å²) in [6, 6.07) is 1.56. The van der Waals surface area contributed by atoms with E-state index in [0.717, 1.165) is 0 Å². The molecule has 0 aliphatic rings. The fourth-order valence-corrected chi connectivity index (χ4v) is 1.29. The average Bonchev–Trinajstić information content (AvgIpc) is 2.01. The third-order valence-corrected chi connectivity index (χ3v) is 1.79. The lowest BCUT2D eigenvalue weighted by molar-refractivity contribution is 0.0996. The summed E-state index contributed by atoms with van der Waals surface area (Å²) in [5, 5.41) is 0.277. The lowest BCUT2D eigenvalue weighted by Crippen LogP contribution is -2.15. The van der Waals surface area contributed by atoms with E-state index in [9.17, 15) is 4.79 Å². The van der Waals surface area contributed by atoms with E-state index >= 15 is 0 Å². The Morgan fingerprint density at radius 1 is 1.69 bits per heavy atom. The standard InChI is InChI=1S/C8H9ClN2O2/c1-4-3-5(9)11-8(13-2)6(4)7(10)12/h3H,1-2H3,(H2,10,12). The zero-order valence-corrected chi connectivity index (χ0v) is 8.05. The number of aryl methyl sites for hydroxylation is 1. The molecule has 0 aliphatic heterocycles. The summed E-state index contributed by atoms with van der Waals surface area (Å²) in [7, 11) is 1.41. The summed E-state index contributed by atoms with van der Waals surface area (Å²) in [4.78, 5) is 14.8. The summed E-state index contributed by atoms with van der Waals surface area (Å²) in [5.41, 5.74) is 6.07. The first-order valence-electron chi connectivity index (χ1n) is 3.57. The summed E-state index contributed by atoms with van der Waals surface area (Å²) in [6.07, 6.45) is 0. The highest BCUT2D eigenvalue weighted by atomic mass is 35.5. The molecule has 0 aliphatic carbocycles. The molecule has 5 heteroatoms. The molecular formula is C8H9ClN2O2. The van der Waals surface area contributed by atoms with Crippen LogP contribution in [0.4, 0.5) is 0 Å². The fraction of sp³-hybridized carbons (Fsp3) is 0.250. The number of nitrogens with two attached hydrogens (primary N) is 1. The number of hydrogen-bond acceptors (Lipinski definition) is 3. The maximum atomic E-state index is 11.0. The molecule has 0 aromatic carbocycles. The number of ether oxygens (including phenoxy) is 1. The SMILES string of the molecule is COc1nc(Cl)cc(C)c1C(N)=O. The molecule has 1 aromatic rings. The fourth-order valence-electron chi connectivity index (χ4n) is 1.05. The van der Waals surface area contributed by atoms with Gasteiger partial charge < -0.3 is 10.5 Å². The summed E-state index contributed by atoms with van der Waals surface area (Å²) in [5.74, 6) is -0.406. The van der Waals surface area contributed by atoms with Crippen molar-refractivity contribution >= 4 is 17.5 Å². The van der Waals surface area contributed by atoms with E-state index in [0.29, 0.717) is 5.56 Å². The van der Waals surface area contributed by atoms with E-state index in [-0.39, 0.29) is 16.6 Å². The van der Waals surface area contributed by atoms with Crippen LogP contribution >= 0.6 is 11.6 Å². The predicted octanol–water partition coefficient (Wildman–Crippen LogP) is 1.15. The molecule has 0 unspecified atom stereocenters. The van der Waals surface area contributed by atoms with Crippen LogP contribution in [0.5, 0.6) is 5.88 Å². The van der Waals surface area contributed by atoms with Gasteiger partial charge in [0, 0.05) is 0 Å². The molecule has 70 valence electrons. The summed E-state index contributed by atoms with van der Waals surface area (Å²) < 4.78 is 4.87. The van der Waals surface area contributed by atoms with E-state index in [4.69, 9.17) is 22.1 Å². The molecule has 13 heavy (non-hydrogen) atoms. The highest BCUT2D eigenvalue weighted by Crippen LogP contribution is 2.22. The van der Waals surface area contributed by atoms with Crippen molar-refractivity contribution < 1.29 is 9.53 Å². The molecule has 4 nitrogen and oxygen atoms in total. The van der Waals surface area contributed by atoms with Crippen molar-refractivity contribution in [2.45, 2.75) is 6.92 Å². The molecular weight excluding hydrogens is 192 g/mol. The van der Waals surface area contributed by atoms with Crippen LogP contribution in [0.1, 0.15) is 15.9 Å². The second kappa shape index (κ2) is 3.62. The normalized spacial score (nSPS) is 9.77. The quantitative estimate of drug-likeness (QED) is 0.729. The van der Waals surface area contributed by atoms with Gasteiger partial charge in [-0.2, -0.15) is 0 Å². The average molecular weight is 201 g/mol. The number of carbonyl (C=O) groups excluding carboxylic acids is 1. The second-order valence-corrected chi connectivity index (χ2v) is 2.90. The molecule has 1 aromatic heterocycles. The molecule has 1 amide bonds. The summed E-state index contributed by atoms with van der Waals surface area (Å²) in [6.45, 7) is 1.72. The van der Waals surface area contributed by atoms with Crippen LogP contribution < -0.4 is 10.5 Å². The molecule has 0 saturated heterocycles. The maximum Gasteiger partial charge on any atom is 0.254 e. The molecule has 0 spiro atoms. The number of halogens is 1. The molecule has 0 radical (unpaired) electrons. The van der Waals surface area contributed by atoms with Crippen LogP contribution in [0, 0.1) is 6.92 Å². The minimum atomic E-state index is -0.571. The van der Waals surface area contributed by atoms with Crippen molar-refractivity contribution in [3.8, 4) is 5.88 Å². The van der Waals surface area contributed by atoms with Gasteiger partial charge >= 0.3 is 0 Å². The van der Waals surface area contributed by atoms with Gasteiger partial charge in [0.15, 0.2) is 0 Å². The zero-order valence-electron chi connectivity index (χ0n) is 7.30. The van der Waals surface area contributed by atoms with Gasteiger partial charge in [-0.15, -0.1) is 0 Å². The first kappa shape index (κ1) is 9.80. The third kappa shape index (κ3) is 1.89. The first-order chi connectivity index (χ1) is 6.06. The topological polar surface area (TPSA) is 65.2 Å². The van der Waals surface area contributed by atoms with Crippen molar-refractivity contribution in [1.82, 2.24) is 4.98 Å². The van der Waals surface area contributed by atoms with Gasteiger partial charge in [-0.05, 0) is 18.6 Å². The van der Waals surface area contributed by atoms with E-state index in [1.165, 1.54) is 7.11 Å². The first-order valence-corrected chi connectivity index (χ1v) is 3.95. The maximum absolute atomic E-state index is 11.0. The second-order valence-electron chi connectivity index (χ2n) is 2.51. The third-order valence-electron chi connectivity index (χ3n) is 1.59. The Kier molecular flexibility index (Phi) is 2.72. The number of nitrogens with zero attached hydrogens (tertiary/aromatic N) is 1. The smallest absolute Gasteiger partial charge is 0.254 e. The molecule has 0 bridgehead atoms. The number of methoxy groups -OCH3 is 1. The van der Waals surface area contributed by atoms with E-state index < -0.39 is 5.91 Å². The van der Waals surface area contributed by atoms with Crippen molar-refractivity contribution in [3.63, 3.8) is 0 Å². The van der Waals surface area contributed by atoms with Crippen LogP contribution in [-0.2, 0) is 0 Å². The van der Waals surface area contributed by atoms with Gasteiger partial charge in [0.2, 0.25) is 5.88 Å². The van der Waals surface area contributed by atoms with Crippen LogP contribution in [-0.4, -0.2) is 18.0 Å². The van der Waals surface area contributed by atoms with Crippen LogP contribution in [0.25, 0.3) is 0 Å². The Hall–Kier alpha value is -1.29. The number of rotatable bonds is 2. The Labute approximate surface area is 80.7 Å². The Morgan fingerprint density at radius 2 is 2.31 bits per heavy atom. The van der Waals surface area contributed by atoms with Crippen LogP contribution in [0.15, 0.2) is 6.07 Å². The monoisotopic (exact) mass is 200 g/mol. The molecule has 0 fully saturated rings. The molecule has 2 N–H and O–H groups in total. The Morgan fingerprint density at radius 3 is 2.77 bits per heavy atom. The lowest BCUT2D eigenvalue weighted by Gasteiger charge is -2.07. The number of primary amides is 1. The number of hydrogen-bond donors (Lipinski definition) is 1. The Bertz CT molecular complexity index is 352. The van der Waals surface area contributed by atoms with Crippen LogP contribution in [0.3, 0.4) is 0 Å². The van der Waals surface area contributed by atoms with Crippen molar-refractivity contribution in [2.75, 3.05) is 7.11 Å². The Balaban J connectivity index is 3.38. The van der Waals surface area contributed by atoms with Crippen molar-refractivity contribution in [2.24, 2.45) is 5.73 Å². The molecule has 0 atom stereocenters. The van der Waals surface area contributed by atoms with Crippen LogP contribution in [0.2, 0.25) is 5.15 Å². The van der Waals surface area contributed by atoms with E-state index in [1.807, 2.05) is 0 Å². The number of aromatic nitrogens is 1. The number of amides is 1. The highest BCUT2D eigenvalue weighted by Gasteiger charge is 2.14. The summed E-state index contributed by atoms with van der Waals surface area (Å²) >= 11 is 5.66. The zero-order chi connectivity index (χ0) is 10.0. The molecule has 1 rings (SSSR count). The largest absolute Gasteiger partial charge is 0.480 e. The van der Waals surface area contributed by atoms with E-state index in [2.05, 4.69) is 4.98 Å². The van der Waals surface area contributed by atoms with Gasteiger partial charge in [0.1, 0.15) is 10.7 Å². The van der Waals surface area contributed by atoms with Gasteiger partial charge in [-0.3, -0.25) is 4.79 Å². The predicted molar refractivity (Wildman–Crippen MR) is 49.1 cm³/mol. The van der Waals surface area contributed by atoms with Gasteiger partial charge in [-0.1, -0.05) is 11.6 Å².